The summed E-state index contributed by atoms with van der Waals surface area (Å²) < 4.78 is 1.05. The minimum absolute atomic E-state index is 0.0475. The van der Waals surface area contributed by atoms with Crippen LogP contribution in [-0.2, 0) is 0 Å². The van der Waals surface area contributed by atoms with Gasteiger partial charge in [-0.1, -0.05) is 11.8 Å². The zero-order valence-electron chi connectivity index (χ0n) is 9.22. The van der Waals surface area contributed by atoms with Crippen molar-refractivity contribution in [2.45, 2.75) is 10.4 Å². The van der Waals surface area contributed by atoms with Crippen LogP contribution in [0.3, 0.4) is 0 Å². The average molecular weight is 347 g/mol. The molecule has 18 heavy (non-hydrogen) atoms. The van der Waals surface area contributed by atoms with Gasteiger partial charge in [0.25, 0.3) is 5.56 Å². The van der Waals surface area contributed by atoms with E-state index in [2.05, 4.69) is 25.9 Å². The van der Waals surface area contributed by atoms with Crippen LogP contribution in [0.15, 0.2) is 31.9 Å². The molecule has 0 saturated heterocycles. The Bertz CT molecular complexity index is 598. The molecule has 2 rings (SSSR count). The molecule has 0 aliphatic carbocycles. The zero-order chi connectivity index (χ0) is 13.1. The predicted octanol–water partition coefficient (Wildman–Crippen LogP) is 1.97. The SMILES string of the molecule is NCC(Sc1nc(N)cc(=O)[nH]1)c1ccc(Br)s1. The molecule has 8 heteroatoms. The van der Waals surface area contributed by atoms with Crippen molar-refractivity contribution in [2.24, 2.45) is 5.73 Å². The summed E-state index contributed by atoms with van der Waals surface area (Å²) in [6.45, 7) is 0.454. The van der Waals surface area contributed by atoms with E-state index in [4.69, 9.17) is 11.5 Å². The van der Waals surface area contributed by atoms with Gasteiger partial charge in [0.15, 0.2) is 5.16 Å². The zero-order valence-corrected chi connectivity index (χ0v) is 12.4. The number of thiophene rings is 1. The van der Waals surface area contributed by atoms with Crippen LogP contribution in [0.5, 0.6) is 0 Å². The first kappa shape index (κ1) is 13.6. The van der Waals surface area contributed by atoms with Gasteiger partial charge in [-0.15, -0.1) is 11.3 Å². The number of nitrogens with zero attached hydrogens (tertiary/aromatic N) is 1. The molecule has 96 valence electrons. The molecule has 0 fully saturated rings. The van der Waals surface area contributed by atoms with E-state index >= 15 is 0 Å². The molecule has 0 aliphatic rings. The molecule has 0 radical (unpaired) electrons. The number of aromatic amines is 1. The van der Waals surface area contributed by atoms with Gasteiger partial charge < -0.3 is 16.5 Å². The Morgan fingerprint density at radius 2 is 2.33 bits per heavy atom. The maximum Gasteiger partial charge on any atom is 0.253 e. The van der Waals surface area contributed by atoms with Crippen LogP contribution < -0.4 is 17.0 Å². The van der Waals surface area contributed by atoms with Crippen molar-refractivity contribution in [1.82, 2.24) is 9.97 Å². The standard InChI is InChI=1S/C10H11BrN4OS2/c11-7-2-1-5(17-7)6(4-12)18-10-14-8(13)3-9(16)15-10/h1-3,6H,4,12H2,(H3,13,14,15,16). The summed E-state index contributed by atoms with van der Waals surface area (Å²) in [5.41, 5.74) is 11.0. The highest BCUT2D eigenvalue weighted by molar-refractivity contribution is 9.11. The Labute approximate surface area is 120 Å². The second kappa shape index (κ2) is 5.87. The van der Waals surface area contributed by atoms with Gasteiger partial charge in [-0.25, -0.2) is 4.98 Å². The first-order valence-electron chi connectivity index (χ1n) is 5.07. The first-order valence-corrected chi connectivity index (χ1v) is 7.56. The second-order valence-electron chi connectivity index (χ2n) is 3.46. The van der Waals surface area contributed by atoms with Gasteiger partial charge in [-0.2, -0.15) is 0 Å². The summed E-state index contributed by atoms with van der Waals surface area (Å²) in [5.74, 6) is 0.212. The quantitative estimate of drug-likeness (QED) is 0.580. The van der Waals surface area contributed by atoms with Crippen LogP contribution >= 0.6 is 39.0 Å². The average Bonchev–Trinajstić information content (AvgIpc) is 2.71. The van der Waals surface area contributed by atoms with Crippen molar-refractivity contribution >= 4 is 44.8 Å². The van der Waals surface area contributed by atoms with Crippen LogP contribution in [0.1, 0.15) is 10.1 Å². The van der Waals surface area contributed by atoms with Gasteiger partial charge in [0.05, 0.1) is 9.04 Å². The molecule has 0 amide bonds. The third-order valence-corrected chi connectivity index (χ3v) is 5.15. The summed E-state index contributed by atoms with van der Waals surface area (Å²) in [7, 11) is 0. The normalized spacial score (nSPS) is 12.6. The maximum atomic E-state index is 11.3. The van der Waals surface area contributed by atoms with Crippen molar-refractivity contribution in [3.63, 3.8) is 0 Å². The van der Waals surface area contributed by atoms with E-state index in [1.54, 1.807) is 11.3 Å². The minimum atomic E-state index is -0.256. The topological polar surface area (TPSA) is 97.8 Å². The van der Waals surface area contributed by atoms with Crippen molar-refractivity contribution in [1.29, 1.82) is 0 Å². The number of nitrogens with one attached hydrogen (secondary N) is 1. The fourth-order valence-electron chi connectivity index (χ4n) is 1.37. The number of hydrogen-bond donors (Lipinski definition) is 3. The fraction of sp³-hybridized carbons (Fsp3) is 0.200. The fourth-order valence-corrected chi connectivity index (χ4v) is 3.95. The largest absolute Gasteiger partial charge is 0.383 e. The van der Waals surface area contributed by atoms with E-state index in [-0.39, 0.29) is 16.6 Å². The van der Waals surface area contributed by atoms with Crippen molar-refractivity contribution < 1.29 is 0 Å². The summed E-state index contributed by atoms with van der Waals surface area (Å²) in [5, 5.41) is 0.534. The van der Waals surface area contributed by atoms with Gasteiger partial charge in [-0.05, 0) is 28.1 Å². The molecule has 5 N–H and O–H groups in total. The molecule has 2 aromatic heterocycles. The number of rotatable bonds is 4. The van der Waals surface area contributed by atoms with E-state index in [0.29, 0.717) is 11.7 Å². The lowest BCUT2D eigenvalue weighted by Gasteiger charge is -2.11. The highest BCUT2D eigenvalue weighted by Gasteiger charge is 2.15. The third-order valence-electron chi connectivity index (χ3n) is 2.12. The van der Waals surface area contributed by atoms with Crippen LogP contribution in [0.4, 0.5) is 5.82 Å². The van der Waals surface area contributed by atoms with Crippen LogP contribution in [0.2, 0.25) is 0 Å². The maximum absolute atomic E-state index is 11.3. The lowest BCUT2D eigenvalue weighted by molar-refractivity contribution is 0.910. The molecule has 0 aliphatic heterocycles. The molecule has 1 unspecified atom stereocenters. The Balaban J connectivity index is 2.22. The number of thioether (sulfide) groups is 1. The molecule has 1 atom stereocenters. The molecule has 0 spiro atoms. The Kier molecular flexibility index (Phi) is 4.44. The van der Waals surface area contributed by atoms with Crippen LogP contribution in [-0.4, -0.2) is 16.5 Å². The van der Waals surface area contributed by atoms with E-state index in [0.717, 1.165) is 8.66 Å². The Morgan fingerprint density at radius 1 is 1.56 bits per heavy atom. The molecule has 5 nitrogen and oxygen atoms in total. The molecule has 0 saturated carbocycles. The molecule has 0 bridgehead atoms. The number of anilines is 1. The highest BCUT2D eigenvalue weighted by atomic mass is 79.9. The van der Waals surface area contributed by atoms with Crippen molar-refractivity contribution in [2.75, 3.05) is 12.3 Å². The van der Waals surface area contributed by atoms with Gasteiger partial charge >= 0.3 is 0 Å². The number of halogens is 1. The molecule has 2 heterocycles. The number of nitrogens with two attached hydrogens (primary N) is 2. The Morgan fingerprint density at radius 3 is 2.89 bits per heavy atom. The first-order chi connectivity index (χ1) is 8.58. The summed E-state index contributed by atoms with van der Waals surface area (Å²) in [6, 6.07) is 5.23. The summed E-state index contributed by atoms with van der Waals surface area (Å²) >= 11 is 6.43. The van der Waals surface area contributed by atoms with Gasteiger partial charge in [0.1, 0.15) is 5.82 Å². The van der Waals surface area contributed by atoms with Gasteiger partial charge in [0.2, 0.25) is 0 Å². The summed E-state index contributed by atoms with van der Waals surface area (Å²) in [6.07, 6.45) is 0. The Hall–Kier alpha value is -0.830. The highest BCUT2D eigenvalue weighted by Crippen LogP contribution is 2.37. The van der Waals surface area contributed by atoms with E-state index < -0.39 is 0 Å². The minimum Gasteiger partial charge on any atom is -0.383 e. The summed E-state index contributed by atoms with van der Waals surface area (Å²) in [4.78, 5) is 19.1. The van der Waals surface area contributed by atoms with Crippen molar-refractivity contribution in [3.8, 4) is 0 Å². The molecular formula is C10H11BrN4OS2. The third kappa shape index (κ3) is 3.35. The van der Waals surface area contributed by atoms with Crippen molar-refractivity contribution in [3.05, 3.63) is 37.2 Å². The smallest absolute Gasteiger partial charge is 0.253 e. The van der Waals surface area contributed by atoms with Gasteiger partial charge in [0, 0.05) is 17.5 Å². The van der Waals surface area contributed by atoms with E-state index in [1.165, 1.54) is 17.8 Å². The monoisotopic (exact) mass is 346 g/mol. The number of H-pyrrole nitrogens is 1. The van der Waals surface area contributed by atoms with E-state index in [1.807, 2.05) is 12.1 Å². The van der Waals surface area contributed by atoms with Crippen LogP contribution in [0, 0.1) is 0 Å². The predicted molar refractivity (Wildman–Crippen MR) is 78.9 cm³/mol. The lowest BCUT2D eigenvalue weighted by Crippen LogP contribution is -2.12. The second-order valence-corrected chi connectivity index (χ2v) is 7.15. The molecule has 0 aromatic carbocycles. The molecule has 2 aromatic rings. The molecular weight excluding hydrogens is 336 g/mol. The number of hydrogen-bond acceptors (Lipinski definition) is 6. The number of nitrogen functional groups attached to an aromatic ring is 1. The van der Waals surface area contributed by atoms with Gasteiger partial charge in [-0.3, -0.25) is 4.79 Å². The number of aromatic nitrogens is 2. The van der Waals surface area contributed by atoms with Crippen LogP contribution in [0.25, 0.3) is 0 Å². The lowest BCUT2D eigenvalue weighted by atomic mass is 10.3. The van der Waals surface area contributed by atoms with E-state index in [9.17, 15) is 4.79 Å².